The molecule has 0 radical (unpaired) electrons. The van der Waals surface area contributed by atoms with E-state index in [9.17, 15) is 14.4 Å². The van der Waals surface area contributed by atoms with Gasteiger partial charge in [0, 0.05) is 36.0 Å². The summed E-state index contributed by atoms with van der Waals surface area (Å²) in [7, 11) is 1.62. The highest BCUT2D eigenvalue weighted by atomic mass is 32.1. The summed E-state index contributed by atoms with van der Waals surface area (Å²) in [5.74, 6) is -0.0132. The molecule has 172 valence electrons. The van der Waals surface area contributed by atoms with Crippen molar-refractivity contribution in [1.29, 1.82) is 0 Å². The van der Waals surface area contributed by atoms with Crippen LogP contribution in [0.3, 0.4) is 0 Å². The summed E-state index contributed by atoms with van der Waals surface area (Å²) in [5.41, 5.74) is 1.50. The van der Waals surface area contributed by atoms with Crippen molar-refractivity contribution in [2.24, 2.45) is 5.92 Å². The molecule has 1 fully saturated rings. The first kappa shape index (κ1) is 21.6. The molecule has 3 amide bonds. The molecule has 1 aliphatic carbocycles. The predicted molar refractivity (Wildman–Crippen MR) is 126 cm³/mol. The van der Waals surface area contributed by atoms with Crippen LogP contribution in [0, 0.1) is 5.92 Å². The third-order valence-corrected chi connectivity index (χ3v) is 8.07. The first-order valence-corrected chi connectivity index (χ1v) is 12.1. The molecular formula is C24H27N5O3S. The summed E-state index contributed by atoms with van der Waals surface area (Å²) >= 11 is 1.50. The molecule has 2 unspecified atom stereocenters. The number of H-pyrrole nitrogens is 1. The molecule has 8 nitrogen and oxygen atoms in total. The van der Waals surface area contributed by atoms with Gasteiger partial charge in [-0.15, -0.1) is 11.3 Å². The van der Waals surface area contributed by atoms with Crippen molar-refractivity contribution >= 4 is 40.0 Å². The molecule has 5 rings (SSSR count). The van der Waals surface area contributed by atoms with Crippen LogP contribution in [0.5, 0.6) is 0 Å². The van der Waals surface area contributed by atoms with Crippen molar-refractivity contribution in [3.8, 4) is 0 Å². The Balaban J connectivity index is 1.38. The standard InChI is InChI=1S/C24H27N5O3S/c1-14-5-7-24(11-14,27-21(30)15-3-4-18-16(9-15)12-26-28-18)23(32)29-8-6-19-17(13-29)10-20(33-19)22(31)25-2/h3-4,9-10,12,14H,5-8,11,13H2,1-2H3,(H,25,31)(H,26,28)(H,27,30). The van der Waals surface area contributed by atoms with Gasteiger partial charge >= 0.3 is 0 Å². The van der Waals surface area contributed by atoms with Gasteiger partial charge in [0.15, 0.2) is 0 Å². The van der Waals surface area contributed by atoms with E-state index in [1.54, 1.807) is 25.4 Å². The zero-order valence-corrected chi connectivity index (χ0v) is 19.6. The number of nitrogens with zero attached hydrogens (tertiary/aromatic N) is 2. The van der Waals surface area contributed by atoms with Crippen LogP contribution in [0.4, 0.5) is 0 Å². The van der Waals surface area contributed by atoms with Gasteiger partial charge in [0.2, 0.25) is 5.91 Å². The van der Waals surface area contributed by atoms with Crippen molar-refractivity contribution in [3.63, 3.8) is 0 Å². The maximum absolute atomic E-state index is 13.8. The zero-order chi connectivity index (χ0) is 23.2. The monoisotopic (exact) mass is 465 g/mol. The maximum atomic E-state index is 13.8. The van der Waals surface area contributed by atoms with Gasteiger partial charge in [0.05, 0.1) is 16.6 Å². The molecule has 0 saturated heterocycles. The number of aromatic nitrogens is 2. The smallest absolute Gasteiger partial charge is 0.261 e. The lowest BCUT2D eigenvalue weighted by Gasteiger charge is -2.37. The highest BCUT2D eigenvalue weighted by Crippen LogP contribution is 2.38. The Hall–Kier alpha value is -3.20. The largest absolute Gasteiger partial charge is 0.354 e. The Bertz CT molecular complexity index is 1250. The van der Waals surface area contributed by atoms with Gasteiger partial charge in [-0.3, -0.25) is 19.5 Å². The Morgan fingerprint density at radius 1 is 1.24 bits per heavy atom. The topological polar surface area (TPSA) is 107 Å². The van der Waals surface area contributed by atoms with Crippen LogP contribution in [-0.2, 0) is 17.8 Å². The van der Waals surface area contributed by atoms with E-state index < -0.39 is 5.54 Å². The quantitative estimate of drug-likeness (QED) is 0.551. The normalized spacial score (nSPS) is 22.2. The third-order valence-electron chi connectivity index (χ3n) is 6.83. The fraction of sp³-hybridized carbons (Fsp3) is 0.417. The third kappa shape index (κ3) is 3.90. The number of nitrogens with one attached hydrogen (secondary N) is 3. The molecular weight excluding hydrogens is 438 g/mol. The van der Waals surface area contributed by atoms with Crippen molar-refractivity contribution in [2.45, 2.75) is 44.7 Å². The molecule has 2 atom stereocenters. The van der Waals surface area contributed by atoms with Gasteiger partial charge in [-0.05, 0) is 61.4 Å². The molecule has 1 aromatic carbocycles. The summed E-state index contributed by atoms with van der Waals surface area (Å²) in [6.45, 7) is 3.18. The number of amides is 3. The van der Waals surface area contributed by atoms with E-state index in [2.05, 4.69) is 27.8 Å². The molecule has 33 heavy (non-hydrogen) atoms. The van der Waals surface area contributed by atoms with Gasteiger partial charge in [-0.1, -0.05) is 6.92 Å². The van der Waals surface area contributed by atoms with Gasteiger partial charge in [-0.2, -0.15) is 5.10 Å². The Morgan fingerprint density at radius 3 is 2.85 bits per heavy atom. The molecule has 3 aromatic rings. The number of carbonyl (C=O) groups is 3. The highest BCUT2D eigenvalue weighted by molar-refractivity contribution is 7.14. The van der Waals surface area contributed by atoms with Gasteiger partial charge < -0.3 is 15.5 Å². The van der Waals surface area contributed by atoms with Crippen LogP contribution in [0.15, 0.2) is 30.5 Å². The van der Waals surface area contributed by atoms with Crippen molar-refractivity contribution < 1.29 is 14.4 Å². The van der Waals surface area contributed by atoms with E-state index in [4.69, 9.17) is 0 Å². The number of benzene rings is 1. The number of aromatic amines is 1. The number of carbonyl (C=O) groups excluding carboxylic acids is 3. The molecule has 2 aliphatic rings. The second-order valence-electron chi connectivity index (χ2n) is 9.17. The number of thiophene rings is 1. The van der Waals surface area contributed by atoms with E-state index in [1.807, 2.05) is 17.0 Å². The van der Waals surface area contributed by atoms with Crippen LogP contribution in [0.1, 0.15) is 56.7 Å². The van der Waals surface area contributed by atoms with Crippen molar-refractivity contribution in [2.75, 3.05) is 13.6 Å². The molecule has 9 heteroatoms. The lowest BCUT2D eigenvalue weighted by Crippen LogP contribution is -2.59. The van der Waals surface area contributed by atoms with Crippen LogP contribution in [-0.4, -0.2) is 52.0 Å². The maximum Gasteiger partial charge on any atom is 0.261 e. The Morgan fingerprint density at radius 2 is 2.09 bits per heavy atom. The molecule has 0 spiro atoms. The van der Waals surface area contributed by atoms with E-state index in [0.717, 1.165) is 34.2 Å². The number of fused-ring (bicyclic) bond motifs is 2. The van der Waals surface area contributed by atoms with Gasteiger partial charge in [-0.25, -0.2) is 0 Å². The van der Waals surface area contributed by atoms with Crippen LogP contribution >= 0.6 is 11.3 Å². The van der Waals surface area contributed by atoms with Crippen molar-refractivity contribution in [3.05, 3.63) is 51.3 Å². The highest BCUT2D eigenvalue weighted by Gasteiger charge is 2.47. The van der Waals surface area contributed by atoms with E-state index in [-0.39, 0.29) is 17.7 Å². The lowest BCUT2D eigenvalue weighted by molar-refractivity contribution is -0.139. The van der Waals surface area contributed by atoms with Crippen LogP contribution in [0.25, 0.3) is 10.9 Å². The second kappa shape index (κ2) is 8.30. The molecule has 3 heterocycles. The average Bonchev–Trinajstić information content (AvgIpc) is 3.55. The second-order valence-corrected chi connectivity index (χ2v) is 10.3. The van der Waals surface area contributed by atoms with E-state index in [0.29, 0.717) is 42.3 Å². The Kier molecular flexibility index (Phi) is 5.44. The predicted octanol–water partition coefficient (Wildman–Crippen LogP) is 2.86. The molecule has 0 bridgehead atoms. The molecule has 1 aliphatic heterocycles. The molecule has 2 aromatic heterocycles. The fourth-order valence-corrected chi connectivity index (χ4v) is 6.18. The van der Waals surface area contributed by atoms with E-state index in [1.165, 1.54) is 11.3 Å². The van der Waals surface area contributed by atoms with Gasteiger partial charge in [0.1, 0.15) is 5.54 Å². The summed E-state index contributed by atoms with van der Waals surface area (Å²) in [4.78, 5) is 42.8. The van der Waals surface area contributed by atoms with Crippen molar-refractivity contribution in [1.82, 2.24) is 25.7 Å². The SMILES string of the molecule is CNC(=O)c1cc2c(s1)CCN(C(=O)C1(NC(=O)c3ccc4[nH]ncc4c3)CCC(C)C1)C2. The number of rotatable bonds is 4. The van der Waals surface area contributed by atoms with Crippen LogP contribution in [0.2, 0.25) is 0 Å². The molecule has 3 N–H and O–H groups in total. The summed E-state index contributed by atoms with van der Waals surface area (Å²) in [6, 6.07) is 7.27. The zero-order valence-electron chi connectivity index (χ0n) is 18.7. The van der Waals surface area contributed by atoms with E-state index >= 15 is 0 Å². The minimum atomic E-state index is -0.904. The minimum Gasteiger partial charge on any atom is -0.354 e. The average molecular weight is 466 g/mol. The Labute approximate surface area is 195 Å². The van der Waals surface area contributed by atoms with Gasteiger partial charge in [0.25, 0.3) is 11.8 Å². The first-order valence-electron chi connectivity index (χ1n) is 11.3. The minimum absolute atomic E-state index is 0.0251. The number of hydrogen-bond donors (Lipinski definition) is 3. The lowest BCUT2D eigenvalue weighted by atomic mass is 9.92. The first-order chi connectivity index (χ1) is 15.9. The fourth-order valence-electron chi connectivity index (χ4n) is 5.07. The molecule has 1 saturated carbocycles. The van der Waals surface area contributed by atoms with Crippen LogP contribution < -0.4 is 10.6 Å². The number of hydrogen-bond acceptors (Lipinski definition) is 5. The summed E-state index contributed by atoms with van der Waals surface area (Å²) < 4.78 is 0. The summed E-state index contributed by atoms with van der Waals surface area (Å²) in [6.07, 6.45) is 4.56. The summed E-state index contributed by atoms with van der Waals surface area (Å²) in [5, 5.41) is 13.5.